The van der Waals surface area contributed by atoms with Crippen LogP contribution < -0.4 is 0 Å². The highest BCUT2D eigenvalue weighted by Gasteiger charge is 2.17. The third-order valence-corrected chi connectivity index (χ3v) is 4.10. The molecule has 0 unspecified atom stereocenters. The van der Waals surface area contributed by atoms with Crippen molar-refractivity contribution in [3.8, 4) is 0 Å². The molecule has 2 heterocycles. The maximum atomic E-state index is 6.13. The van der Waals surface area contributed by atoms with Crippen molar-refractivity contribution in [3.05, 3.63) is 94.8 Å². The molecular formula is C19H14ClN3. The molecule has 3 nitrogen and oxygen atoms in total. The molecule has 0 saturated carbocycles. The van der Waals surface area contributed by atoms with E-state index in [4.69, 9.17) is 11.6 Å². The molecule has 2 aromatic carbocycles. The number of nitrogens with zero attached hydrogens (tertiary/aromatic N) is 3. The molecule has 1 aromatic heterocycles. The lowest BCUT2D eigenvalue weighted by atomic mass is 10.1. The Labute approximate surface area is 139 Å². The quantitative estimate of drug-likeness (QED) is 0.670. The lowest BCUT2D eigenvalue weighted by molar-refractivity contribution is 0.856. The van der Waals surface area contributed by atoms with Gasteiger partial charge in [-0.15, -0.1) is 5.10 Å². The highest BCUT2D eigenvalue weighted by atomic mass is 35.5. The molecule has 1 aliphatic rings. The number of halogens is 1. The van der Waals surface area contributed by atoms with E-state index in [2.05, 4.69) is 39.2 Å². The largest absolute Gasteiger partial charge is 0.340 e. The molecular weight excluding hydrogens is 306 g/mol. The van der Waals surface area contributed by atoms with E-state index in [1.54, 1.807) is 0 Å². The first kappa shape index (κ1) is 14.0. The summed E-state index contributed by atoms with van der Waals surface area (Å²) in [5.74, 6) is 0. The van der Waals surface area contributed by atoms with Gasteiger partial charge in [-0.2, -0.15) is 5.10 Å². The van der Waals surface area contributed by atoms with Gasteiger partial charge in [0.1, 0.15) is 5.71 Å². The SMILES string of the molecule is Clc1cccc(C2=NN=C(c3ccccc3)Cn3cccc32)c1. The van der Waals surface area contributed by atoms with Crippen LogP contribution in [0, 0.1) is 0 Å². The van der Waals surface area contributed by atoms with Gasteiger partial charge in [-0.3, -0.25) is 0 Å². The molecule has 0 saturated heterocycles. The number of aromatic nitrogens is 1. The normalized spacial score (nSPS) is 13.8. The molecule has 0 aliphatic carbocycles. The lowest BCUT2D eigenvalue weighted by Gasteiger charge is -2.09. The van der Waals surface area contributed by atoms with Gasteiger partial charge >= 0.3 is 0 Å². The van der Waals surface area contributed by atoms with Crippen LogP contribution in [-0.2, 0) is 6.54 Å². The predicted octanol–water partition coefficient (Wildman–Crippen LogP) is 4.40. The summed E-state index contributed by atoms with van der Waals surface area (Å²) in [4.78, 5) is 0. The second-order valence-electron chi connectivity index (χ2n) is 5.39. The van der Waals surface area contributed by atoms with Gasteiger partial charge in [0.05, 0.1) is 18.0 Å². The average Bonchev–Trinajstić information content (AvgIpc) is 2.95. The molecule has 0 N–H and O–H groups in total. The Kier molecular flexibility index (Phi) is 3.56. The smallest absolute Gasteiger partial charge is 0.117 e. The monoisotopic (exact) mass is 319 g/mol. The Morgan fingerprint density at radius 1 is 0.826 bits per heavy atom. The highest BCUT2D eigenvalue weighted by Crippen LogP contribution is 2.19. The fourth-order valence-electron chi connectivity index (χ4n) is 2.74. The van der Waals surface area contributed by atoms with Crippen LogP contribution in [0.15, 0.2) is 83.1 Å². The van der Waals surface area contributed by atoms with Crippen LogP contribution in [0.3, 0.4) is 0 Å². The average molecular weight is 320 g/mol. The van der Waals surface area contributed by atoms with E-state index < -0.39 is 0 Å². The van der Waals surface area contributed by atoms with Crippen molar-refractivity contribution in [2.45, 2.75) is 6.54 Å². The number of hydrogen-bond acceptors (Lipinski definition) is 2. The van der Waals surface area contributed by atoms with E-state index in [1.165, 1.54) is 0 Å². The van der Waals surface area contributed by atoms with E-state index in [0.29, 0.717) is 11.6 Å². The molecule has 0 fully saturated rings. The zero-order valence-electron chi connectivity index (χ0n) is 12.4. The van der Waals surface area contributed by atoms with Crippen molar-refractivity contribution in [3.63, 3.8) is 0 Å². The highest BCUT2D eigenvalue weighted by molar-refractivity contribution is 6.31. The molecule has 1 aliphatic heterocycles. The fourth-order valence-corrected chi connectivity index (χ4v) is 2.93. The molecule has 0 amide bonds. The predicted molar refractivity (Wildman–Crippen MR) is 94.5 cm³/mol. The minimum Gasteiger partial charge on any atom is -0.340 e. The molecule has 23 heavy (non-hydrogen) atoms. The Balaban J connectivity index is 1.85. The summed E-state index contributed by atoms with van der Waals surface area (Å²) in [7, 11) is 0. The second-order valence-corrected chi connectivity index (χ2v) is 5.83. The van der Waals surface area contributed by atoms with Gasteiger partial charge < -0.3 is 4.57 Å². The van der Waals surface area contributed by atoms with Gasteiger partial charge in [-0.05, 0) is 29.8 Å². The first-order valence-electron chi connectivity index (χ1n) is 7.43. The first-order valence-corrected chi connectivity index (χ1v) is 7.80. The summed E-state index contributed by atoms with van der Waals surface area (Å²) >= 11 is 6.13. The van der Waals surface area contributed by atoms with E-state index in [1.807, 2.05) is 48.5 Å². The van der Waals surface area contributed by atoms with Gasteiger partial charge in [0.25, 0.3) is 0 Å². The zero-order valence-corrected chi connectivity index (χ0v) is 13.1. The van der Waals surface area contributed by atoms with Gasteiger partial charge in [0.2, 0.25) is 0 Å². The molecule has 3 aromatic rings. The Hall–Kier alpha value is -2.65. The van der Waals surface area contributed by atoms with Crippen molar-refractivity contribution < 1.29 is 0 Å². The summed E-state index contributed by atoms with van der Waals surface area (Å²) in [6.07, 6.45) is 2.05. The summed E-state index contributed by atoms with van der Waals surface area (Å²) in [6, 6.07) is 22.0. The maximum Gasteiger partial charge on any atom is 0.117 e. The van der Waals surface area contributed by atoms with Crippen LogP contribution in [0.5, 0.6) is 0 Å². The summed E-state index contributed by atoms with van der Waals surface area (Å²) in [5, 5.41) is 9.73. The van der Waals surface area contributed by atoms with Gasteiger partial charge in [0.15, 0.2) is 0 Å². The number of benzene rings is 2. The molecule has 4 rings (SSSR count). The van der Waals surface area contributed by atoms with E-state index in [-0.39, 0.29) is 0 Å². The fraction of sp³-hybridized carbons (Fsp3) is 0.0526. The number of hydrogen-bond donors (Lipinski definition) is 0. The van der Waals surface area contributed by atoms with Crippen molar-refractivity contribution >= 4 is 23.0 Å². The summed E-state index contributed by atoms with van der Waals surface area (Å²) < 4.78 is 2.17. The van der Waals surface area contributed by atoms with Crippen LogP contribution in [0.25, 0.3) is 0 Å². The lowest BCUT2D eigenvalue weighted by Crippen LogP contribution is -2.13. The second kappa shape index (κ2) is 5.86. The molecule has 0 bridgehead atoms. The van der Waals surface area contributed by atoms with Gasteiger partial charge in [-0.25, -0.2) is 0 Å². The zero-order chi connectivity index (χ0) is 15.6. The van der Waals surface area contributed by atoms with Crippen LogP contribution in [0.4, 0.5) is 0 Å². The summed E-state index contributed by atoms with van der Waals surface area (Å²) in [6.45, 7) is 0.694. The molecule has 4 heteroatoms. The van der Waals surface area contributed by atoms with Gasteiger partial charge in [-0.1, -0.05) is 54.1 Å². The van der Waals surface area contributed by atoms with E-state index in [0.717, 1.165) is 28.2 Å². The Bertz CT molecular complexity index is 907. The Morgan fingerprint density at radius 2 is 1.65 bits per heavy atom. The third kappa shape index (κ3) is 2.71. The molecule has 0 spiro atoms. The van der Waals surface area contributed by atoms with E-state index in [9.17, 15) is 0 Å². The van der Waals surface area contributed by atoms with Crippen LogP contribution in [0.2, 0.25) is 5.02 Å². The molecule has 112 valence electrons. The van der Waals surface area contributed by atoms with Crippen molar-refractivity contribution in [1.29, 1.82) is 0 Å². The minimum absolute atomic E-state index is 0.694. The van der Waals surface area contributed by atoms with Crippen molar-refractivity contribution in [2.24, 2.45) is 10.2 Å². The number of rotatable bonds is 2. The molecule has 0 radical (unpaired) electrons. The standard InChI is InChI=1S/C19H14ClN3/c20-16-9-4-8-15(12-16)19-18-10-5-11-23(18)13-17(21-22-19)14-6-2-1-3-7-14/h1-12H,13H2. The van der Waals surface area contributed by atoms with Crippen molar-refractivity contribution in [2.75, 3.05) is 0 Å². The topological polar surface area (TPSA) is 29.6 Å². The first-order chi connectivity index (χ1) is 11.3. The Morgan fingerprint density at radius 3 is 2.48 bits per heavy atom. The van der Waals surface area contributed by atoms with Gasteiger partial charge in [0, 0.05) is 16.8 Å². The van der Waals surface area contributed by atoms with Crippen LogP contribution in [0.1, 0.15) is 16.8 Å². The van der Waals surface area contributed by atoms with Crippen LogP contribution >= 0.6 is 11.6 Å². The number of fused-ring (bicyclic) bond motifs is 1. The van der Waals surface area contributed by atoms with Crippen LogP contribution in [-0.4, -0.2) is 16.0 Å². The maximum absolute atomic E-state index is 6.13. The minimum atomic E-state index is 0.694. The van der Waals surface area contributed by atoms with E-state index >= 15 is 0 Å². The third-order valence-electron chi connectivity index (χ3n) is 3.87. The molecule has 0 atom stereocenters. The summed E-state index contributed by atoms with van der Waals surface area (Å²) in [5.41, 5.74) is 4.88. The van der Waals surface area contributed by atoms with Crippen molar-refractivity contribution in [1.82, 2.24) is 4.57 Å².